The van der Waals surface area contributed by atoms with Crippen molar-refractivity contribution in [2.75, 3.05) is 12.4 Å². The first-order valence-electron chi connectivity index (χ1n) is 8.78. The van der Waals surface area contributed by atoms with Crippen LogP contribution < -0.4 is 15.4 Å². The van der Waals surface area contributed by atoms with Gasteiger partial charge < -0.3 is 15.4 Å². The summed E-state index contributed by atoms with van der Waals surface area (Å²) in [4.78, 5) is 12.4. The summed E-state index contributed by atoms with van der Waals surface area (Å²) in [6, 6.07) is 15.7. The molecule has 0 aliphatic carbocycles. The van der Waals surface area contributed by atoms with Crippen molar-refractivity contribution in [3.63, 3.8) is 0 Å². The third-order valence-corrected chi connectivity index (χ3v) is 6.01. The Morgan fingerprint density at radius 3 is 2.68 bits per heavy atom. The fourth-order valence-corrected chi connectivity index (χ4v) is 4.35. The highest BCUT2D eigenvalue weighted by molar-refractivity contribution is 8.02. The lowest BCUT2D eigenvalue weighted by atomic mass is 10.1. The van der Waals surface area contributed by atoms with Crippen molar-refractivity contribution in [1.29, 1.82) is 0 Å². The van der Waals surface area contributed by atoms with Crippen LogP contribution in [0.25, 0.3) is 0 Å². The average molecular weight is 415 g/mol. The van der Waals surface area contributed by atoms with E-state index in [0.29, 0.717) is 11.7 Å². The third-order valence-electron chi connectivity index (χ3n) is 3.99. The van der Waals surface area contributed by atoms with Gasteiger partial charge in [0.25, 0.3) is 0 Å². The van der Waals surface area contributed by atoms with Gasteiger partial charge in [0.05, 0.1) is 18.0 Å². The quantitative estimate of drug-likeness (QED) is 0.532. The number of hydrogen-bond donors (Lipinski definition) is 2. The van der Waals surface area contributed by atoms with Crippen LogP contribution in [0.1, 0.15) is 18.1 Å². The van der Waals surface area contributed by atoms with Crippen molar-refractivity contribution in [3.05, 3.63) is 59.7 Å². The summed E-state index contributed by atoms with van der Waals surface area (Å²) in [7, 11) is 1.62. The van der Waals surface area contributed by atoms with E-state index < -0.39 is 0 Å². The number of carbonyl (C=O) groups excluding carboxylic acids is 1. The lowest BCUT2D eigenvalue weighted by molar-refractivity contribution is -0.120. The summed E-state index contributed by atoms with van der Waals surface area (Å²) >= 11 is 2.80. The molecule has 0 aliphatic rings. The molecule has 0 saturated heterocycles. The minimum atomic E-state index is -0.266. The summed E-state index contributed by atoms with van der Waals surface area (Å²) in [5, 5.41) is 14.9. The molecule has 3 rings (SSSR count). The zero-order valence-electron chi connectivity index (χ0n) is 15.9. The lowest BCUT2D eigenvalue weighted by Gasteiger charge is -2.10. The molecule has 1 amide bonds. The van der Waals surface area contributed by atoms with E-state index in [1.165, 1.54) is 28.7 Å². The zero-order valence-corrected chi connectivity index (χ0v) is 17.6. The number of methoxy groups -OCH3 is 1. The molecule has 0 radical (unpaired) electrons. The van der Waals surface area contributed by atoms with Crippen LogP contribution in [-0.2, 0) is 11.3 Å². The molecule has 1 aromatic heterocycles. The van der Waals surface area contributed by atoms with Gasteiger partial charge in [0.15, 0.2) is 4.34 Å². The van der Waals surface area contributed by atoms with Gasteiger partial charge in [-0.2, -0.15) is 0 Å². The van der Waals surface area contributed by atoms with E-state index in [4.69, 9.17) is 4.74 Å². The predicted octanol–water partition coefficient (Wildman–Crippen LogP) is 4.40. The molecular formula is C20H22N4O2S2. The van der Waals surface area contributed by atoms with Crippen LogP contribution in [-0.4, -0.2) is 28.5 Å². The van der Waals surface area contributed by atoms with Crippen LogP contribution >= 0.6 is 23.1 Å². The number of para-hydroxylation sites is 2. The number of aromatic nitrogens is 2. The van der Waals surface area contributed by atoms with Crippen molar-refractivity contribution in [1.82, 2.24) is 15.5 Å². The zero-order chi connectivity index (χ0) is 19.9. The van der Waals surface area contributed by atoms with Gasteiger partial charge in [0.1, 0.15) is 5.75 Å². The van der Waals surface area contributed by atoms with Crippen molar-refractivity contribution in [3.8, 4) is 5.75 Å². The number of hydrogen-bond acceptors (Lipinski definition) is 7. The minimum absolute atomic E-state index is 0.0278. The minimum Gasteiger partial charge on any atom is -0.495 e. The number of aryl methyl sites for hydroxylation is 1. The number of anilines is 2. The maximum absolute atomic E-state index is 12.4. The summed E-state index contributed by atoms with van der Waals surface area (Å²) < 4.78 is 6.06. The molecule has 3 aromatic rings. The number of thioether (sulfide) groups is 1. The SMILES string of the molecule is COc1ccccc1Nc1nnc(SC(C)C(=O)NCc2ccc(C)cc2)s1. The number of ether oxygens (including phenoxy) is 1. The van der Waals surface area contributed by atoms with Crippen molar-refractivity contribution in [2.45, 2.75) is 30.0 Å². The topological polar surface area (TPSA) is 76.1 Å². The highest BCUT2D eigenvalue weighted by atomic mass is 32.2. The fourth-order valence-electron chi connectivity index (χ4n) is 2.41. The van der Waals surface area contributed by atoms with Gasteiger partial charge >= 0.3 is 0 Å². The number of carbonyl (C=O) groups is 1. The highest BCUT2D eigenvalue weighted by Gasteiger charge is 2.17. The molecule has 2 aromatic carbocycles. The highest BCUT2D eigenvalue weighted by Crippen LogP contribution is 2.32. The van der Waals surface area contributed by atoms with E-state index in [9.17, 15) is 4.79 Å². The summed E-state index contributed by atoms with van der Waals surface area (Å²) in [5.74, 6) is 0.704. The molecule has 1 atom stereocenters. The Hall–Kier alpha value is -2.58. The molecule has 1 unspecified atom stereocenters. The molecule has 0 spiro atoms. The molecular weight excluding hydrogens is 392 g/mol. The average Bonchev–Trinajstić information content (AvgIpc) is 3.14. The van der Waals surface area contributed by atoms with Crippen LogP contribution in [0.15, 0.2) is 52.9 Å². The molecule has 0 bridgehead atoms. The standard InChI is InChI=1S/C20H22N4O2S2/c1-13-8-10-15(11-9-13)12-21-18(25)14(2)27-20-24-23-19(28-20)22-16-6-4-5-7-17(16)26-3/h4-11,14H,12H2,1-3H3,(H,21,25)(H,22,23). The first-order valence-corrected chi connectivity index (χ1v) is 10.5. The second-order valence-corrected chi connectivity index (χ2v) is 8.73. The summed E-state index contributed by atoms with van der Waals surface area (Å²) in [6.07, 6.45) is 0. The van der Waals surface area contributed by atoms with Crippen LogP contribution in [0, 0.1) is 6.92 Å². The first kappa shape index (κ1) is 20.2. The molecule has 28 heavy (non-hydrogen) atoms. The monoisotopic (exact) mass is 414 g/mol. The Bertz CT molecular complexity index is 928. The lowest BCUT2D eigenvalue weighted by Crippen LogP contribution is -2.30. The third kappa shape index (κ3) is 5.46. The van der Waals surface area contributed by atoms with E-state index >= 15 is 0 Å². The number of amides is 1. The maximum atomic E-state index is 12.4. The van der Waals surface area contributed by atoms with Gasteiger partial charge in [-0.25, -0.2) is 0 Å². The van der Waals surface area contributed by atoms with Crippen LogP contribution in [0.3, 0.4) is 0 Å². The number of nitrogens with one attached hydrogen (secondary N) is 2. The molecule has 0 saturated carbocycles. The normalized spacial score (nSPS) is 11.7. The fraction of sp³-hybridized carbons (Fsp3) is 0.250. The Morgan fingerprint density at radius 2 is 1.93 bits per heavy atom. The van der Waals surface area contributed by atoms with Crippen molar-refractivity contribution < 1.29 is 9.53 Å². The summed E-state index contributed by atoms with van der Waals surface area (Å²) in [6.45, 7) is 4.42. The Kier molecular flexibility index (Phi) is 6.89. The van der Waals surface area contributed by atoms with Gasteiger partial charge in [0.2, 0.25) is 11.0 Å². The Balaban J connectivity index is 1.53. The largest absolute Gasteiger partial charge is 0.495 e. The number of rotatable bonds is 8. The molecule has 8 heteroatoms. The predicted molar refractivity (Wildman–Crippen MR) is 115 cm³/mol. The van der Waals surface area contributed by atoms with Crippen LogP contribution in [0.4, 0.5) is 10.8 Å². The smallest absolute Gasteiger partial charge is 0.233 e. The molecule has 0 fully saturated rings. The van der Waals surface area contributed by atoms with Crippen molar-refractivity contribution in [2.24, 2.45) is 0 Å². The van der Waals surface area contributed by atoms with Gasteiger partial charge in [-0.1, -0.05) is 65.1 Å². The first-order chi connectivity index (χ1) is 13.5. The van der Waals surface area contributed by atoms with Crippen LogP contribution in [0.5, 0.6) is 5.75 Å². The number of nitrogens with zero attached hydrogens (tertiary/aromatic N) is 2. The number of benzene rings is 2. The van der Waals surface area contributed by atoms with Gasteiger partial charge in [-0.05, 0) is 31.5 Å². The second-order valence-electron chi connectivity index (χ2n) is 6.16. The molecule has 2 N–H and O–H groups in total. The maximum Gasteiger partial charge on any atom is 0.233 e. The van der Waals surface area contributed by atoms with E-state index in [1.54, 1.807) is 7.11 Å². The van der Waals surface area contributed by atoms with Gasteiger partial charge in [-0.15, -0.1) is 10.2 Å². The molecule has 6 nitrogen and oxygen atoms in total. The summed E-state index contributed by atoms with van der Waals surface area (Å²) in [5.41, 5.74) is 3.10. The molecule has 1 heterocycles. The van der Waals surface area contributed by atoms with E-state index in [0.717, 1.165) is 21.3 Å². The molecule has 0 aliphatic heterocycles. The van der Waals surface area contributed by atoms with E-state index in [-0.39, 0.29) is 11.2 Å². The van der Waals surface area contributed by atoms with E-state index in [2.05, 4.69) is 20.8 Å². The van der Waals surface area contributed by atoms with Crippen LogP contribution in [0.2, 0.25) is 0 Å². The van der Waals surface area contributed by atoms with Crippen molar-refractivity contribution >= 4 is 39.8 Å². The van der Waals surface area contributed by atoms with Gasteiger partial charge in [-0.3, -0.25) is 4.79 Å². The Morgan fingerprint density at radius 1 is 1.18 bits per heavy atom. The van der Waals surface area contributed by atoms with Gasteiger partial charge in [0, 0.05) is 6.54 Å². The Labute approximate surface area is 172 Å². The van der Waals surface area contributed by atoms with E-state index in [1.807, 2.05) is 62.4 Å². The second kappa shape index (κ2) is 9.57. The molecule has 146 valence electrons.